The second-order valence-corrected chi connectivity index (χ2v) is 8.66. The Morgan fingerprint density at radius 2 is 2.07 bits per heavy atom. The van der Waals surface area contributed by atoms with Gasteiger partial charge in [-0.3, -0.25) is 14.8 Å². The molecule has 2 saturated heterocycles. The third-order valence-electron chi connectivity index (χ3n) is 5.75. The van der Waals surface area contributed by atoms with E-state index in [1.807, 2.05) is 11.0 Å². The summed E-state index contributed by atoms with van der Waals surface area (Å²) in [6.45, 7) is 3.22. The van der Waals surface area contributed by atoms with Gasteiger partial charge in [-0.1, -0.05) is 0 Å². The number of carboxylic acid groups (broad SMARTS) is 1. The van der Waals surface area contributed by atoms with E-state index >= 15 is 0 Å². The van der Waals surface area contributed by atoms with Crippen LogP contribution in [0.2, 0.25) is 0 Å². The molecule has 2 N–H and O–H groups in total. The summed E-state index contributed by atoms with van der Waals surface area (Å²) in [5, 5.41) is 17.0. The predicted molar refractivity (Wildman–Crippen MR) is 105 cm³/mol. The van der Waals surface area contributed by atoms with Crippen molar-refractivity contribution >= 4 is 23.3 Å². The Balaban J connectivity index is 1.31. The van der Waals surface area contributed by atoms with Gasteiger partial charge in [-0.25, -0.2) is 9.97 Å². The molecule has 0 saturated carbocycles. The van der Waals surface area contributed by atoms with Crippen molar-refractivity contribution in [2.24, 2.45) is 11.3 Å². The van der Waals surface area contributed by atoms with Gasteiger partial charge in [-0.15, -0.1) is 11.3 Å². The lowest BCUT2D eigenvalue weighted by Gasteiger charge is -2.25. The largest absolute Gasteiger partial charge is 0.481 e. The highest BCUT2D eigenvalue weighted by atomic mass is 32.1. The van der Waals surface area contributed by atoms with Gasteiger partial charge in [0.05, 0.1) is 10.6 Å². The van der Waals surface area contributed by atoms with E-state index in [1.165, 1.54) is 4.88 Å². The van der Waals surface area contributed by atoms with Crippen LogP contribution in [0.15, 0.2) is 42.9 Å². The van der Waals surface area contributed by atoms with Gasteiger partial charge in [0.1, 0.15) is 5.41 Å². The molecule has 2 aliphatic heterocycles. The predicted octanol–water partition coefficient (Wildman–Crippen LogP) is 1.95. The van der Waals surface area contributed by atoms with Crippen LogP contribution in [0.25, 0.3) is 10.6 Å². The first-order valence-corrected chi connectivity index (χ1v) is 10.0. The molecule has 0 aliphatic carbocycles. The van der Waals surface area contributed by atoms with Crippen LogP contribution in [-0.2, 0) is 11.3 Å². The minimum Gasteiger partial charge on any atom is -0.481 e. The highest BCUT2D eigenvalue weighted by molar-refractivity contribution is 7.15. The van der Waals surface area contributed by atoms with E-state index in [9.17, 15) is 9.90 Å². The first kappa shape index (κ1) is 17.3. The fraction of sp³-hybridized carbons (Fsp3) is 0.368. The number of H-pyrrole nitrogens is 1. The SMILES string of the molecule is O=C(O)[C@@]12CN(Cc3ccc(-c4ccn[nH]4)s3)C[C@@H]1CN(c1ncccn1)C2. The van der Waals surface area contributed by atoms with Crippen molar-refractivity contribution in [3.63, 3.8) is 0 Å². The first-order valence-electron chi connectivity index (χ1n) is 9.20. The van der Waals surface area contributed by atoms with Crippen LogP contribution < -0.4 is 4.90 Å². The third kappa shape index (κ3) is 2.87. The number of nitrogens with zero attached hydrogens (tertiary/aromatic N) is 5. The van der Waals surface area contributed by atoms with E-state index in [4.69, 9.17) is 0 Å². The lowest BCUT2D eigenvalue weighted by molar-refractivity contribution is -0.148. The van der Waals surface area contributed by atoms with Gasteiger partial charge in [0, 0.05) is 62.1 Å². The van der Waals surface area contributed by atoms with E-state index in [0.717, 1.165) is 23.7 Å². The van der Waals surface area contributed by atoms with Gasteiger partial charge in [-0.05, 0) is 24.3 Å². The van der Waals surface area contributed by atoms with Crippen LogP contribution in [-0.4, -0.2) is 62.3 Å². The number of aromatic amines is 1. The smallest absolute Gasteiger partial charge is 0.313 e. The van der Waals surface area contributed by atoms with E-state index in [-0.39, 0.29) is 5.92 Å². The number of fused-ring (bicyclic) bond motifs is 1. The van der Waals surface area contributed by atoms with Crippen LogP contribution in [0.3, 0.4) is 0 Å². The first-order chi connectivity index (χ1) is 13.6. The molecule has 8 nitrogen and oxygen atoms in total. The van der Waals surface area contributed by atoms with Crippen molar-refractivity contribution in [3.05, 3.63) is 47.7 Å². The molecule has 2 fully saturated rings. The number of hydrogen-bond acceptors (Lipinski definition) is 7. The molecule has 0 bridgehead atoms. The summed E-state index contributed by atoms with van der Waals surface area (Å²) in [5.74, 6) is -0.0323. The van der Waals surface area contributed by atoms with Crippen LogP contribution in [0.1, 0.15) is 4.88 Å². The number of rotatable bonds is 5. The van der Waals surface area contributed by atoms with Crippen LogP contribution in [0.4, 0.5) is 5.95 Å². The monoisotopic (exact) mass is 396 g/mol. The van der Waals surface area contributed by atoms with Crippen molar-refractivity contribution in [1.82, 2.24) is 25.1 Å². The van der Waals surface area contributed by atoms with E-state index in [1.54, 1.807) is 36.0 Å². The lowest BCUT2D eigenvalue weighted by Crippen LogP contribution is -2.41. The van der Waals surface area contributed by atoms with Gasteiger partial charge in [0.2, 0.25) is 5.95 Å². The van der Waals surface area contributed by atoms with E-state index in [0.29, 0.717) is 25.6 Å². The Kier molecular flexibility index (Phi) is 4.13. The number of carboxylic acids is 1. The van der Waals surface area contributed by atoms with E-state index < -0.39 is 11.4 Å². The zero-order valence-corrected chi connectivity index (χ0v) is 16.0. The lowest BCUT2D eigenvalue weighted by atomic mass is 9.81. The fourth-order valence-corrected chi connectivity index (χ4v) is 5.45. The maximum Gasteiger partial charge on any atom is 0.313 e. The highest BCUT2D eigenvalue weighted by Gasteiger charge is 2.58. The number of likely N-dealkylation sites (tertiary alicyclic amines) is 1. The van der Waals surface area contributed by atoms with Crippen molar-refractivity contribution in [1.29, 1.82) is 0 Å². The summed E-state index contributed by atoms with van der Waals surface area (Å²) < 4.78 is 0. The minimum atomic E-state index is -0.761. The average molecular weight is 396 g/mol. The molecule has 0 aromatic carbocycles. The summed E-state index contributed by atoms with van der Waals surface area (Å²) in [6, 6.07) is 7.93. The van der Waals surface area contributed by atoms with Crippen molar-refractivity contribution in [2.75, 3.05) is 31.1 Å². The fourth-order valence-electron chi connectivity index (χ4n) is 4.42. The molecule has 0 amide bonds. The van der Waals surface area contributed by atoms with Gasteiger partial charge in [0.25, 0.3) is 0 Å². The average Bonchev–Trinajstić information content (AvgIpc) is 3.45. The summed E-state index contributed by atoms with van der Waals surface area (Å²) in [5.41, 5.74) is 0.248. The van der Waals surface area contributed by atoms with Gasteiger partial charge >= 0.3 is 5.97 Å². The Morgan fingerprint density at radius 1 is 1.21 bits per heavy atom. The normalized spacial score (nSPS) is 24.6. The maximum atomic E-state index is 12.2. The summed E-state index contributed by atoms with van der Waals surface area (Å²) in [7, 11) is 0. The zero-order chi connectivity index (χ0) is 19.1. The molecule has 0 radical (unpaired) electrons. The topological polar surface area (TPSA) is 98.2 Å². The molecular formula is C19H20N6O2S. The Labute approximate surface area is 165 Å². The molecule has 3 aromatic heterocycles. The zero-order valence-electron chi connectivity index (χ0n) is 15.2. The molecule has 0 spiro atoms. The molecule has 2 aliphatic rings. The molecule has 144 valence electrons. The maximum absolute atomic E-state index is 12.2. The van der Waals surface area contributed by atoms with Crippen LogP contribution in [0.5, 0.6) is 0 Å². The minimum absolute atomic E-state index is 0.0702. The molecular weight excluding hydrogens is 376 g/mol. The highest BCUT2D eigenvalue weighted by Crippen LogP contribution is 2.44. The molecule has 5 heterocycles. The standard InChI is InChI=1S/C19H20N6O2S/c26-17(27)19-11-24(10-14-2-3-16(28-14)15-4-7-22-23-15)8-13(19)9-25(12-19)18-20-5-1-6-21-18/h1-7,13H,8-12H2,(H,22,23)(H,26,27)/t13-,19-/m1/s1. The molecule has 0 unspecified atom stereocenters. The van der Waals surface area contributed by atoms with Gasteiger partial charge < -0.3 is 10.0 Å². The molecule has 3 aromatic rings. The summed E-state index contributed by atoms with van der Waals surface area (Å²) in [6.07, 6.45) is 5.14. The van der Waals surface area contributed by atoms with Crippen molar-refractivity contribution in [2.45, 2.75) is 6.54 Å². The number of carbonyl (C=O) groups is 1. The van der Waals surface area contributed by atoms with Gasteiger partial charge in [0.15, 0.2) is 0 Å². The molecule has 28 heavy (non-hydrogen) atoms. The molecule has 5 rings (SSSR count). The van der Waals surface area contributed by atoms with Crippen LogP contribution >= 0.6 is 11.3 Å². The van der Waals surface area contributed by atoms with E-state index in [2.05, 4.69) is 37.2 Å². The quantitative estimate of drug-likeness (QED) is 0.680. The second-order valence-electron chi connectivity index (χ2n) is 7.49. The number of thiophene rings is 1. The Bertz CT molecular complexity index is 975. The second kappa shape index (κ2) is 6.68. The number of hydrogen-bond donors (Lipinski definition) is 2. The Morgan fingerprint density at radius 3 is 2.79 bits per heavy atom. The summed E-state index contributed by atoms with van der Waals surface area (Å²) >= 11 is 1.72. The number of nitrogens with one attached hydrogen (secondary N) is 1. The number of aromatic nitrogens is 4. The number of aliphatic carboxylic acids is 1. The third-order valence-corrected chi connectivity index (χ3v) is 6.85. The van der Waals surface area contributed by atoms with Gasteiger partial charge in [-0.2, -0.15) is 5.10 Å². The molecule has 9 heteroatoms. The Hall–Kier alpha value is -2.78. The summed E-state index contributed by atoms with van der Waals surface area (Å²) in [4.78, 5) is 27.5. The molecule has 2 atom stereocenters. The van der Waals surface area contributed by atoms with Crippen LogP contribution in [0, 0.1) is 11.3 Å². The van der Waals surface area contributed by atoms with Crippen molar-refractivity contribution in [3.8, 4) is 10.6 Å². The number of anilines is 1. The van der Waals surface area contributed by atoms with Crippen molar-refractivity contribution < 1.29 is 9.90 Å².